The van der Waals surface area contributed by atoms with Gasteiger partial charge in [-0.05, 0) is 18.4 Å². The van der Waals surface area contributed by atoms with Gasteiger partial charge >= 0.3 is 6.03 Å². The van der Waals surface area contributed by atoms with Gasteiger partial charge in [0.15, 0.2) is 0 Å². The van der Waals surface area contributed by atoms with Crippen LogP contribution in [0.15, 0.2) is 30.3 Å². The molecule has 1 aliphatic rings. The van der Waals surface area contributed by atoms with Crippen LogP contribution < -0.4 is 10.0 Å². The van der Waals surface area contributed by atoms with Crippen molar-refractivity contribution in [1.82, 2.24) is 14.9 Å². The van der Waals surface area contributed by atoms with E-state index in [1.807, 2.05) is 30.3 Å². The van der Waals surface area contributed by atoms with Crippen molar-refractivity contribution in [3.8, 4) is 0 Å². The predicted molar refractivity (Wildman–Crippen MR) is 92.1 cm³/mol. The van der Waals surface area contributed by atoms with Crippen LogP contribution in [0, 0.1) is 0 Å². The third-order valence-corrected chi connectivity index (χ3v) is 4.49. The number of piperidine rings is 1. The highest BCUT2D eigenvalue weighted by molar-refractivity contribution is 7.88. The first-order chi connectivity index (χ1) is 11.4. The van der Waals surface area contributed by atoms with Crippen LogP contribution in [-0.2, 0) is 21.4 Å². The van der Waals surface area contributed by atoms with Crippen LogP contribution in [0.5, 0.6) is 0 Å². The first-order valence-electron chi connectivity index (χ1n) is 8.06. The highest BCUT2D eigenvalue weighted by atomic mass is 32.2. The first-order valence-corrected chi connectivity index (χ1v) is 9.95. The van der Waals surface area contributed by atoms with Gasteiger partial charge in [-0.1, -0.05) is 30.3 Å². The van der Waals surface area contributed by atoms with Gasteiger partial charge in [0.1, 0.15) is 0 Å². The second-order valence-corrected chi connectivity index (χ2v) is 7.73. The zero-order valence-electron chi connectivity index (χ0n) is 13.9. The molecule has 2 rings (SSSR count). The number of hydrogen-bond acceptors (Lipinski definition) is 4. The summed E-state index contributed by atoms with van der Waals surface area (Å²) in [4.78, 5) is 13.8. The number of carbonyl (C=O) groups is 1. The Hall–Kier alpha value is -1.64. The Labute approximate surface area is 143 Å². The van der Waals surface area contributed by atoms with Crippen LogP contribution in [0.4, 0.5) is 4.79 Å². The van der Waals surface area contributed by atoms with E-state index in [2.05, 4.69) is 10.0 Å². The summed E-state index contributed by atoms with van der Waals surface area (Å²) in [5.41, 5.74) is 1.09. The van der Waals surface area contributed by atoms with E-state index >= 15 is 0 Å². The van der Waals surface area contributed by atoms with Crippen molar-refractivity contribution < 1.29 is 17.9 Å². The average Bonchev–Trinajstić information content (AvgIpc) is 2.54. The maximum atomic E-state index is 12.1. The number of rotatable bonds is 7. The van der Waals surface area contributed by atoms with Gasteiger partial charge in [-0.15, -0.1) is 0 Å². The van der Waals surface area contributed by atoms with E-state index in [0.29, 0.717) is 32.8 Å². The Morgan fingerprint density at radius 3 is 2.79 bits per heavy atom. The smallest absolute Gasteiger partial charge is 0.317 e. The molecule has 1 aromatic carbocycles. The lowest BCUT2D eigenvalue weighted by atomic mass is 10.1. The Kier molecular flexibility index (Phi) is 7.01. The minimum atomic E-state index is -3.25. The third-order valence-electron chi connectivity index (χ3n) is 3.72. The van der Waals surface area contributed by atoms with Crippen LogP contribution in [0.2, 0.25) is 0 Å². The van der Waals surface area contributed by atoms with Crippen molar-refractivity contribution in [2.45, 2.75) is 25.5 Å². The largest absolute Gasteiger partial charge is 0.375 e. The summed E-state index contributed by atoms with van der Waals surface area (Å²) in [6.07, 6.45) is 2.66. The van der Waals surface area contributed by atoms with Crippen LogP contribution in [-0.4, -0.2) is 57.9 Å². The maximum absolute atomic E-state index is 12.1. The fraction of sp³-hybridized carbons (Fsp3) is 0.562. The highest BCUT2D eigenvalue weighted by Gasteiger charge is 2.25. The normalized spacial score (nSPS) is 18.4. The average molecular weight is 355 g/mol. The van der Waals surface area contributed by atoms with Crippen molar-refractivity contribution in [2.75, 3.05) is 32.5 Å². The number of nitrogens with zero attached hydrogens (tertiary/aromatic N) is 1. The molecule has 1 aliphatic heterocycles. The quantitative estimate of drug-likeness (QED) is 0.712. The van der Waals surface area contributed by atoms with Crippen LogP contribution in [0.25, 0.3) is 0 Å². The number of hydrogen-bond donors (Lipinski definition) is 2. The molecule has 0 aliphatic carbocycles. The summed E-state index contributed by atoms with van der Waals surface area (Å²) in [5.74, 6) is 0. The number of amides is 2. The molecule has 0 aromatic heterocycles. The fourth-order valence-electron chi connectivity index (χ4n) is 2.67. The van der Waals surface area contributed by atoms with Crippen molar-refractivity contribution in [1.29, 1.82) is 0 Å². The van der Waals surface area contributed by atoms with Crippen LogP contribution in [0.3, 0.4) is 0 Å². The Balaban J connectivity index is 1.65. The highest BCUT2D eigenvalue weighted by Crippen LogP contribution is 2.10. The van der Waals surface area contributed by atoms with Crippen molar-refractivity contribution in [3.63, 3.8) is 0 Å². The molecule has 1 fully saturated rings. The van der Waals surface area contributed by atoms with E-state index in [4.69, 9.17) is 4.74 Å². The molecular weight excluding hydrogens is 330 g/mol. The van der Waals surface area contributed by atoms with E-state index in [0.717, 1.165) is 24.7 Å². The second-order valence-electron chi connectivity index (χ2n) is 5.95. The predicted octanol–water partition coefficient (Wildman–Crippen LogP) is 0.926. The minimum absolute atomic E-state index is 0.182. The van der Waals surface area contributed by atoms with Gasteiger partial charge in [0.05, 0.1) is 19.5 Å². The van der Waals surface area contributed by atoms with Gasteiger partial charge in [-0.25, -0.2) is 17.9 Å². The summed E-state index contributed by atoms with van der Waals surface area (Å²) in [6, 6.07) is 9.44. The molecule has 24 heavy (non-hydrogen) atoms. The van der Waals surface area contributed by atoms with Crippen LogP contribution in [0.1, 0.15) is 18.4 Å². The molecule has 1 heterocycles. The molecule has 7 nitrogen and oxygen atoms in total. The number of nitrogens with one attached hydrogen (secondary N) is 2. The molecule has 0 radical (unpaired) electrons. The molecule has 134 valence electrons. The van der Waals surface area contributed by atoms with Crippen LogP contribution >= 0.6 is 0 Å². The number of benzene rings is 1. The molecule has 1 saturated heterocycles. The van der Waals surface area contributed by atoms with Crippen molar-refractivity contribution in [2.24, 2.45) is 0 Å². The summed E-state index contributed by atoms with van der Waals surface area (Å²) in [7, 11) is -3.25. The second kappa shape index (κ2) is 9.00. The van der Waals surface area contributed by atoms with Gasteiger partial charge < -0.3 is 15.0 Å². The van der Waals surface area contributed by atoms with Gasteiger partial charge in [0.2, 0.25) is 10.0 Å². The Bertz CT molecular complexity index is 621. The number of carbonyl (C=O) groups excluding carboxylic acids is 1. The first kappa shape index (κ1) is 18.7. The number of likely N-dealkylation sites (tertiary alicyclic amines) is 1. The molecule has 1 aromatic rings. The molecule has 0 saturated carbocycles. The molecule has 0 spiro atoms. The summed E-state index contributed by atoms with van der Waals surface area (Å²) < 4.78 is 30.7. The van der Waals surface area contributed by atoms with E-state index in [1.165, 1.54) is 0 Å². The molecule has 2 amide bonds. The Morgan fingerprint density at radius 1 is 1.33 bits per heavy atom. The topological polar surface area (TPSA) is 87.7 Å². The molecule has 1 unspecified atom stereocenters. The van der Waals surface area contributed by atoms with Gasteiger partial charge in [0, 0.05) is 25.7 Å². The zero-order valence-corrected chi connectivity index (χ0v) is 14.7. The molecule has 0 bridgehead atoms. The van der Waals surface area contributed by atoms with Gasteiger partial charge in [-0.2, -0.15) is 0 Å². The van der Waals surface area contributed by atoms with E-state index in [-0.39, 0.29) is 12.1 Å². The maximum Gasteiger partial charge on any atom is 0.317 e. The SMILES string of the molecule is CS(=O)(=O)NC1CCCN(C(=O)NCCOCc2ccccc2)C1. The number of sulfonamides is 1. The summed E-state index contributed by atoms with van der Waals surface area (Å²) in [5, 5.41) is 2.81. The lowest BCUT2D eigenvalue weighted by molar-refractivity contribution is 0.120. The fourth-order valence-corrected chi connectivity index (χ4v) is 3.46. The van der Waals surface area contributed by atoms with Crippen molar-refractivity contribution >= 4 is 16.1 Å². The molecule has 1 atom stereocenters. The monoisotopic (exact) mass is 355 g/mol. The summed E-state index contributed by atoms with van der Waals surface area (Å²) in [6.45, 7) is 2.40. The van der Waals surface area contributed by atoms with E-state index < -0.39 is 10.0 Å². The minimum Gasteiger partial charge on any atom is -0.375 e. The Morgan fingerprint density at radius 2 is 2.08 bits per heavy atom. The van der Waals surface area contributed by atoms with E-state index in [1.54, 1.807) is 4.90 Å². The standard InChI is InChI=1S/C16H25N3O4S/c1-24(21,22)18-15-8-5-10-19(12-15)16(20)17-9-11-23-13-14-6-3-2-4-7-14/h2-4,6-7,15,18H,5,8-13H2,1H3,(H,17,20). The summed E-state index contributed by atoms with van der Waals surface area (Å²) >= 11 is 0. The lowest BCUT2D eigenvalue weighted by Gasteiger charge is -2.32. The van der Waals surface area contributed by atoms with E-state index in [9.17, 15) is 13.2 Å². The van der Waals surface area contributed by atoms with Crippen molar-refractivity contribution in [3.05, 3.63) is 35.9 Å². The van der Waals surface area contributed by atoms with Gasteiger partial charge in [-0.3, -0.25) is 0 Å². The molecular formula is C16H25N3O4S. The third kappa shape index (κ3) is 6.86. The lowest BCUT2D eigenvalue weighted by Crippen LogP contribution is -2.52. The zero-order chi connectivity index (χ0) is 17.4. The number of ether oxygens (including phenoxy) is 1. The van der Waals surface area contributed by atoms with Gasteiger partial charge in [0.25, 0.3) is 0 Å². The molecule has 2 N–H and O–H groups in total. The number of urea groups is 1. The molecule has 8 heteroatoms.